The highest BCUT2D eigenvalue weighted by molar-refractivity contribution is 6.61. The van der Waals surface area contributed by atoms with Crippen LogP contribution in [-0.2, 0) is 39.8 Å². The third-order valence-corrected chi connectivity index (χ3v) is 15.6. The van der Waals surface area contributed by atoms with Gasteiger partial charge in [0.1, 0.15) is 0 Å². The molecule has 0 spiro atoms. The second kappa shape index (κ2) is 13.8. The second-order valence-electron chi connectivity index (χ2n) is 7.20. The molecule has 0 radical (unpaired) electrons. The summed E-state index contributed by atoms with van der Waals surface area (Å²) in [5, 5.41) is 0.0372. The van der Waals surface area contributed by atoms with Crippen molar-refractivity contribution in [2.45, 2.75) is 42.4 Å². The first-order valence-electron chi connectivity index (χ1n) is 9.63. The molecule has 0 heterocycles. The Kier molecular flexibility index (Phi) is 14.1. The van der Waals surface area contributed by atoms with Crippen LogP contribution in [0.1, 0.15) is 19.3 Å². The third kappa shape index (κ3) is 8.51. The van der Waals surface area contributed by atoms with Crippen LogP contribution in [0.3, 0.4) is 0 Å². The smallest absolute Gasteiger partial charge is 0.377 e. The zero-order valence-corrected chi connectivity index (χ0v) is 24.9. The van der Waals surface area contributed by atoms with Crippen molar-refractivity contribution in [2.75, 3.05) is 64.0 Å². The highest BCUT2D eigenvalue weighted by Crippen LogP contribution is 2.44. The maximum Gasteiger partial charge on any atom is 0.500 e. The van der Waals surface area contributed by atoms with Gasteiger partial charge in [-0.3, -0.25) is 0 Å². The molecule has 0 atom stereocenters. The molecule has 13 heteroatoms. The van der Waals surface area contributed by atoms with Crippen molar-refractivity contribution in [3.05, 3.63) is 0 Å². The summed E-state index contributed by atoms with van der Waals surface area (Å²) in [5.41, 5.74) is 0. The van der Waals surface area contributed by atoms with E-state index >= 15 is 0 Å². The molecule has 0 aliphatic carbocycles. The number of rotatable bonds is 18. The predicted octanol–water partition coefficient (Wildman–Crippen LogP) is 1.32. The lowest BCUT2D eigenvalue weighted by molar-refractivity contribution is 0.115. The van der Waals surface area contributed by atoms with Crippen LogP contribution in [0.2, 0.25) is 23.2 Å². The average Bonchev–Trinajstić information content (AvgIpc) is 2.78. The fourth-order valence-corrected chi connectivity index (χ4v) is 11.7. The molecule has 0 aromatic heterocycles. The molecule has 29 heavy (non-hydrogen) atoms. The average molecular weight is 491 g/mol. The Labute approximate surface area is 183 Å². The van der Waals surface area contributed by atoms with Crippen LogP contribution in [-0.4, -0.2) is 101 Å². The first kappa shape index (κ1) is 29.5. The molecule has 0 N–H and O–H groups in total. The van der Waals surface area contributed by atoms with Gasteiger partial charge in [0.15, 0.2) is 0 Å². The summed E-state index contributed by atoms with van der Waals surface area (Å²) < 4.78 is 50.7. The third-order valence-electron chi connectivity index (χ3n) is 5.90. The van der Waals surface area contributed by atoms with E-state index < -0.39 is 26.4 Å². The van der Waals surface area contributed by atoms with Gasteiger partial charge in [0, 0.05) is 92.4 Å². The van der Waals surface area contributed by atoms with Gasteiger partial charge in [-0.25, -0.2) is 0 Å². The van der Waals surface area contributed by atoms with Crippen LogP contribution in [0.5, 0.6) is 0 Å². The fourth-order valence-electron chi connectivity index (χ4n) is 3.41. The lowest BCUT2D eigenvalue weighted by atomic mass is 9.98. The molecule has 0 aliphatic heterocycles. The number of hydrogen-bond acceptors (Lipinski definition) is 9. The van der Waals surface area contributed by atoms with Crippen LogP contribution < -0.4 is 0 Å². The second-order valence-corrected chi connectivity index (χ2v) is 18.6. The molecule has 0 saturated carbocycles. The number of hydrogen-bond donors (Lipinski definition) is 0. The molecule has 0 amide bonds. The molecule has 0 unspecified atom stereocenters. The molecular formula is C16H42O9Si4. The molecule has 176 valence electrons. The normalized spacial score (nSPS) is 14.0. The van der Waals surface area contributed by atoms with Gasteiger partial charge in [-0.1, -0.05) is 0 Å². The van der Waals surface area contributed by atoms with Gasteiger partial charge in [0.05, 0.1) is 0 Å². The van der Waals surface area contributed by atoms with E-state index in [-0.39, 0.29) is 5.04 Å². The van der Waals surface area contributed by atoms with E-state index in [0.29, 0.717) is 0 Å². The van der Waals surface area contributed by atoms with Crippen molar-refractivity contribution < 1.29 is 39.8 Å². The lowest BCUT2D eigenvalue weighted by Gasteiger charge is -2.37. The van der Waals surface area contributed by atoms with Gasteiger partial charge in [-0.2, -0.15) is 0 Å². The molecule has 9 nitrogen and oxygen atoms in total. The van der Waals surface area contributed by atoms with Crippen molar-refractivity contribution in [3.63, 3.8) is 0 Å². The minimum Gasteiger partial charge on any atom is -0.377 e. The van der Waals surface area contributed by atoms with Gasteiger partial charge in [-0.15, -0.1) is 0 Å². The maximum atomic E-state index is 5.63. The highest BCUT2D eigenvalue weighted by atomic mass is 28.4. The van der Waals surface area contributed by atoms with E-state index in [1.165, 1.54) is 0 Å². The summed E-state index contributed by atoms with van der Waals surface area (Å²) in [6, 6.07) is 2.18. The Hall–Kier alpha value is 0.508. The zero-order chi connectivity index (χ0) is 22.6. The Bertz CT molecular complexity index is 348. The van der Waals surface area contributed by atoms with E-state index in [0.717, 1.165) is 47.6 Å². The van der Waals surface area contributed by atoms with Crippen LogP contribution in [0.15, 0.2) is 0 Å². The Balaban J connectivity index is 5.49. The Morgan fingerprint density at radius 3 is 0.759 bits per heavy atom. The molecular weight excluding hydrogens is 449 g/mol. The molecule has 0 aromatic carbocycles. The highest BCUT2D eigenvalue weighted by Gasteiger charge is 2.46. The van der Waals surface area contributed by atoms with E-state index in [2.05, 4.69) is 0 Å². The summed E-state index contributed by atoms with van der Waals surface area (Å²) in [6.07, 6.45) is 2.68. The van der Waals surface area contributed by atoms with Crippen LogP contribution in [0, 0.1) is 0 Å². The summed E-state index contributed by atoms with van der Waals surface area (Å²) in [7, 11) is 7.73. The molecule has 0 aliphatic rings. The van der Waals surface area contributed by atoms with E-state index in [4.69, 9.17) is 39.8 Å². The summed E-state index contributed by atoms with van der Waals surface area (Å²) in [6.45, 7) is 0. The van der Waals surface area contributed by atoms with Crippen LogP contribution in [0.25, 0.3) is 0 Å². The van der Waals surface area contributed by atoms with Crippen LogP contribution in [0.4, 0.5) is 0 Å². The molecule has 0 fully saturated rings. The summed E-state index contributed by atoms with van der Waals surface area (Å²) in [4.78, 5) is 0. The SMILES string of the molecule is CO[Si](CCC([SiH3])(CC[Si](OC)(OC)OC)CC[Si](OC)(OC)OC)(OC)OC. The van der Waals surface area contributed by atoms with Crippen molar-refractivity contribution in [2.24, 2.45) is 0 Å². The van der Waals surface area contributed by atoms with Gasteiger partial charge >= 0.3 is 26.4 Å². The van der Waals surface area contributed by atoms with Gasteiger partial charge in [0.2, 0.25) is 0 Å². The molecule has 0 saturated heterocycles. The minimum absolute atomic E-state index is 0.0372. The van der Waals surface area contributed by atoms with Gasteiger partial charge in [-0.05, 0) is 24.3 Å². The van der Waals surface area contributed by atoms with Crippen molar-refractivity contribution in [3.8, 4) is 0 Å². The Morgan fingerprint density at radius 2 is 0.621 bits per heavy atom. The van der Waals surface area contributed by atoms with Crippen molar-refractivity contribution in [1.29, 1.82) is 0 Å². The Morgan fingerprint density at radius 1 is 0.448 bits per heavy atom. The van der Waals surface area contributed by atoms with Gasteiger partial charge in [0.25, 0.3) is 0 Å². The van der Waals surface area contributed by atoms with E-state index in [9.17, 15) is 0 Å². The topological polar surface area (TPSA) is 83.1 Å². The predicted molar refractivity (Wildman–Crippen MR) is 121 cm³/mol. The minimum atomic E-state index is -2.67. The van der Waals surface area contributed by atoms with E-state index in [1.54, 1.807) is 64.0 Å². The molecule has 0 aromatic rings. The summed E-state index contributed by atoms with van der Waals surface area (Å²) in [5.74, 6) is 0. The van der Waals surface area contributed by atoms with Crippen molar-refractivity contribution >= 4 is 36.7 Å². The molecule has 0 bridgehead atoms. The maximum absolute atomic E-state index is 5.63. The first-order chi connectivity index (χ1) is 13.7. The largest absolute Gasteiger partial charge is 0.500 e. The van der Waals surface area contributed by atoms with E-state index in [1.807, 2.05) is 0 Å². The zero-order valence-electron chi connectivity index (χ0n) is 19.9. The van der Waals surface area contributed by atoms with Crippen LogP contribution >= 0.6 is 0 Å². The standard InChI is InChI=1S/C16H42O9Si4/c1-17-27(18-2,19-3)13-10-16(26,11-14-28(20-4,21-5)22-6)12-15-29(23-7,24-8)25-9/h10-15H2,1-9,26H3. The molecule has 0 rings (SSSR count). The van der Waals surface area contributed by atoms with Gasteiger partial charge < -0.3 is 39.8 Å². The lowest BCUT2D eigenvalue weighted by Crippen LogP contribution is -2.46. The first-order valence-corrected chi connectivity index (χ1v) is 16.4. The quantitative estimate of drug-likeness (QED) is 0.264. The fraction of sp³-hybridized carbons (Fsp3) is 1.00. The monoisotopic (exact) mass is 490 g/mol. The summed E-state index contributed by atoms with van der Waals surface area (Å²) >= 11 is 0. The van der Waals surface area contributed by atoms with Crippen molar-refractivity contribution in [1.82, 2.24) is 0 Å².